The van der Waals surface area contributed by atoms with Gasteiger partial charge in [-0.3, -0.25) is 0 Å². The summed E-state index contributed by atoms with van der Waals surface area (Å²) < 4.78 is 6.11. The van der Waals surface area contributed by atoms with Crippen molar-refractivity contribution in [2.75, 3.05) is 0 Å². The highest BCUT2D eigenvalue weighted by Crippen LogP contribution is 2.34. The second-order valence-electron chi connectivity index (χ2n) is 5.27. The maximum Gasteiger partial charge on any atom is 0.123 e. The maximum atomic E-state index is 6.11. The lowest BCUT2D eigenvalue weighted by molar-refractivity contribution is 0.103. The van der Waals surface area contributed by atoms with Crippen LogP contribution in [0.25, 0.3) is 0 Å². The minimum Gasteiger partial charge on any atom is -0.488 e. The van der Waals surface area contributed by atoms with E-state index in [1.807, 2.05) is 0 Å². The summed E-state index contributed by atoms with van der Waals surface area (Å²) in [6.45, 7) is 8.68. The van der Waals surface area contributed by atoms with E-state index in [1.54, 1.807) is 0 Å². The molecular weight excluding hydrogens is 184 g/mol. The summed E-state index contributed by atoms with van der Waals surface area (Å²) in [5, 5.41) is 0. The van der Waals surface area contributed by atoms with Gasteiger partial charge in [0.05, 0.1) is 0 Å². The molecule has 1 aromatic carbocycles. The Hall–Kier alpha value is -0.980. The summed E-state index contributed by atoms with van der Waals surface area (Å²) in [4.78, 5) is 0. The van der Waals surface area contributed by atoms with Crippen molar-refractivity contribution < 1.29 is 4.74 Å². The fraction of sp³-hybridized carbons (Fsp3) is 0.571. The van der Waals surface area contributed by atoms with Crippen LogP contribution in [0.3, 0.4) is 0 Å². The lowest BCUT2D eigenvalue weighted by Gasteiger charge is -2.25. The molecule has 0 atom stereocenters. The molecular formula is C14H20O. The van der Waals surface area contributed by atoms with E-state index in [4.69, 9.17) is 4.74 Å². The van der Waals surface area contributed by atoms with Crippen LogP contribution in [0.1, 0.15) is 43.4 Å². The molecule has 0 N–H and O–H groups in total. The molecule has 1 heteroatoms. The fourth-order valence-electron chi connectivity index (χ4n) is 2.41. The van der Waals surface area contributed by atoms with Gasteiger partial charge in [-0.25, -0.2) is 0 Å². The molecule has 1 heterocycles. The van der Waals surface area contributed by atoms with Crippen molar-refractivity contribution in [2.45, 2.75) is 52.6 Å². The summed E-state index contributed by atoms with van der Waals surface area (Å²) in [5.74, 6) is 1.11. The second kappa shape index (κ2) is 3.55. The molecule has 0 aliphatic carbocycles. The number of hydrogen-bond donors (Lipinski definition) is 0. The van der Waals surface area contributed by atoms with E-state index < -0.39 is 0 Å². The van der Waals surface area contributed by atoms with Crippen LogP contribution in [0.15, 0.2) is 12.1 Å². The summed E-state index contributed by atoms with van der Waals surface area (Å²) >= 11 is 0. The number of ether oxygens (including phenoxy) is 1. The Morgan fingerprint density at radius 1 is 1.20 bits per heavy atom. The van der Waals surface area contributed by atoms with Gasteiger partial charge in [-0.2, -0.15) is 0 Å². The highest BCUT2D eigenvalue weighted by Gasteiger charge is 2.25. The van der Waals surface area contributed by atoms with Crippen LogP contribution in [-0.4, -0.2) is 5.60 Å². The van der Waals surface area contributed by atoms with E-state index in [2.05, 4.69) is 39.8 Å². The molecule has 0 unspecified atom stereocenters. The smallest absolute Gasteiger partial charge is 0.123 e. The lowest BCUT2D eigenvalue weighted by Crippen LogP contribution is -2.26. The van der Waals surface area contributed by atoms with Crippen molar-refractivity contribution in [3.63, 3.8) is 0 Å². The third kappa shape index (κ3) is 2.17. The summed E-state index contributed by atoms with van der Waals surface area (Å²) in [7, 11) is 0. The Balaban J connectivity index is 2.47. The van der Waals surface area contributed by atoms with Gasteiger partial charge in [0.25, 0.3) is 0 Å². The molecule has 15 heavy (non-hydrogen) atoms. The topological polar surface area (TPSA) is 9.23 Å². The molecule has 1 aliphatic rings. The second-order valence-corrected chi connectivity index (χ2v) is 5.27. The number of hydrogen-bond acceptors (Lipinski definition) is 1. The van der Waals surface area contributed by atoms with E-state index >= 15 is 0 Å². The molecule has 0 bridgehead atoms. The van der Waals surface area contributed by atoms with Gasteiger partial charge in [0, 0.05) is 0 Å². The van der Waals surface area contributed by atoms with Crippen LogP contribution in [-0.2, 0) is 6.42 Å². The Morgan fingerprint density at radius 3 is 2.67 bits per heavy atom. The van der Waals surface area contributed by atoms with Crippen LogP contribution in [0.2, 0.25) is 0 Å². The van der Waals surface area contributed by atoms with Gasteiger partial charge < -0.3 is 4.74 Å². The molecule has 0 spiro atoms. The molecule has 0 aromatic heterocycles. The van der Waals surface area contributed by atoms with Crippen molar-refractivity contribution in [2.24, 2.45) is 0 Å². The van der Waals surface area contributed by atoms with E-state index in [0.29, 0.717) is 0 Å². The minimum absolute atomic E-state index is 0.00845. The monoisotopic (exact) mass is 204 g/mol. The quantitative estimate of drug-likeness (QED) is 0.624. The van der Waals surface area contributed by atoms with Crippen LogP contribution < -0.4 is 4.74 Å². The van der Waals surface area contributed by atoms with Crippen LogP contribution in [0.5, 0.6) is 5.75 Å². The zero-order valence-corrected chi connectivity index (χ0v) is 10.2. The number of rotatable bonds is 0. The van der Waals surface area contributed by atoms with Gasteiger partial charge in [-0.15, -0.1) is 0 Å². The van der Waals surface area contributed by atoms with Crippen LogP contribution in [0.4, 0.5) is 0 Å². The molecule has 1 nitrogen and oxygen atoms in total. The zero-order valence-electron chi connectivity index (χ0n) is 10.2. The first-order valence-electron chi connectivity index (χ1n) is 5.77. The fourth-order valence-corrected chi connectivity index (χ4v) is 2.41. The van der Waals surface area contributed by atoms with Gasteiger partial charge in [-0.05, 0) is 69.7 Å². The van der Waals surface area contributed by atoms with Crippen molar-refractivity contribution in [3.8, 4) is 5.75 Å². The van der Waals surface area contributed by atoms with Crippen LogP contribution in [0, 0.1) is 13.8 Å². The third-order valence-corrected chi connectivity index (χ3v) is 3.17. The van der Waals surface area contributed by atoms with Crippen LogP contribution >= 0.6 is 0 Å². The molecule has 1 aromatic rings. The molecule has 82 valence electrons. The molecule has 0 saturated carbocycles. The highest BCUT2D eigenvalue weighted by molar-refractivity contribution is 5.44. The van der Waals surface area contributed by atoms with Crippen molar-refractivity contribution in [3.05, 3.63) is 28.8 Å². The number of benzene rings is 1. The van der Waals surface area contributed by atoms with E-state index in [1.165, 1.54) is 23.1 Å². The summed E-state index contributed by atoms with van der Waals surface area (Å²) in [6, 6.07) is 4.43. The Morgan fingerprint density at radius 2 is 1.93 bits per heavy atom. The van der Waals surface area contributed by atoms with Gasteiger partial charge in [0.15, 0.2) is 0 Å². The largest absolute Gasteiger partial charge is 0.488 e. The van der Waals surface area contributed by atoms with Crippen molar-refractivity contribution >= 4 is 0 Å². The third-order valence-electron chi connectivity index (χ3n) is 3.17. The molecule has 1 aliphatic heterocycles. The van der Waals surface area contributed by atoms with Gasteiger partial charge in [-0.1, -0.05) is 6.07 Å². The minimum atomic E-state index is -0.00845. The average Bonchev–Trinajstić information content (AvgIpc) is 2.21. The molecule has 0 saturated heterocycles. The normalized spacial score (nSPS) is 18.9. The first-order valence-corrected chi connectivity index (χ1v) is 5.77. The Labute approximate surface area is 92.5 Å². The first kappa shape index (κ1) is 10.5. The highest BCUT2D eigenvalue weighted by atomic mass is 16.5. The SMILES string of the molecule is Cc1cc(C)c2c(c1)OC(C)(C)CCC2. The maximum absolute atomic E-state index is 6.11. The summed E-state index contributed by atoms with van der Waals surface area (Å²) in [5.41, 5.74) is 4.07. The molecule has 0 amide bonds. The van der Waals surface area contributed by atoms with E-state index in [9.17, 15) is 0 Å². The van der Waals surface area contributed by atoms with E-state index in [0.717, 1.165) is 18.6 Å². The standard InChI is InChI=1S/C14H20O/c1-10-8-11(2)12-6-5-7-14(3,4)15-13(12)9-10/h8-9H,5-7H2,1-4H3. The lowest BCUT2D eigenvalue weighted by atomic mass is 9.98. The van der Waals surface area contributed by atoms with Crippen molar-refractivity contribution in [1.82, 2.24) is 0 Å². The average molecular weight is 204 g/mol. The zero-order chi connectivity index (χ0) is 11.1. The number of fused-ring (bicyclic) bond motifs is 1. The van der Waals surface area contributed by atoms with Gasteiger partial charge in [0.2, 0.25) is 0 Å². The van der Waals surface area contributed by atoms with Crippen molar-refractivity contribution in [1.29, 1.82) is 0 Å². The first-order chi connectivity index (χ1) is 6.98. The van der Waals surface area contributed by atoms with Gasteiger partial charge in [0.1, 0.15) is 11.4 Å². The van der Waals surface area contributed by atoms with Gasteiger partial charge >= 0.3 is 0 Å². The molecule has 0 radical (unpaired) electrons. The molecule has 0 fully saturated rings. The predicted octanol–water partition coefficient (Wildman–Crippen LogP) is 3.80. The number of aryl methyl sites for hydroxylation is 2. The Bertz CT molecular complexity index is 377. The summed E-state index contributed by atoms with van der Waals surface area (Å²) in [6.07, 6.45) is 3.52. The Kier molecular flexibility index (Phi) is 2.49. The molecule has 2 rings (SSSR count). The predicted molar refractivity (Wildman–Crippen MR) is 63.6 cm³/mol. The van der Waals surface area contributed by atoms with E-state index in [-0.39, 0.29) is 5.60 Å².